The summed E-state index contributed by atoms with van der Waals surface area (Å²) in [5.41, 5.74) is 0.988. The lowest BCUT2D eigenvalue weighted by Crippen LogP contribution is -2.39. The van der Waals surface area contributed by atoms with E-state index in [1.807, 2.05) is 24.3 Å². The maximum absolute atomic E-state index is 12.9. The Labute approximate surface area is 85.5 Å². The molecule has 1 N–H and O–H groups in total. The van der Waals surface area contributed by atoms with Crippen LogP contribution in [0.15, 0.2) is 28.7 Å². The first-order valence-electron chi connectivity index (χ1n) is 4.42. The van der Waals surface area contributed by atoms with Crippen LogP contribution in [0.5, 0.6) is 0 Å². The quantitative estimate of drug-likeness (QED) is 0.841. The van der Waals surface area contributed by atoms with E-state index in [1.165, 1.54) is 0 Å². The largest absolute Gasteiger partial charge is 0.379 e. The number of anilines is 1. The van der Waals surface area contributed by atoms with Gasteiger partial charge in [0, 0.05) is 10.2 Å². The predicted molar refractivity (Wildman–Crippen MR) is 55.7 cm³/mol. The number of alkyl halides is 1. The van der Waals surface area contributed by atoms with Gasteiger partial charge < -0.3 is 5.32 Å². The first-order valence-corrected chi connectivity index (χ1v) is 5.21. The molecule has 2 atom stereocenters. The Hall–Kier alpha value is -0.570. The van der Waals surface area contributed by atoms with E-state index in [1.54, 1.807) is 0 Å². The van der Waals surface area contributed by atoms with E-state index in [4.69, 9.17) is 0 Å². The van der Waals surface area contributed by atoms with Crippen molar-refractivity contribution >= 4 is 21.6 Å². The maximum atomic E-state index is 12.9. The lowest BCUT2D eigenvalue weighted by molar-refractivity contribution is 0.186. The van der Waals surface area contributed by atoms with Crippen molar-refractivity contribution < 1.29 is 4.39 Å². The van der Waals surface area contributed by atoms with Gasteiger partial charge in [0.1, 0.15) is 6.17 Å². The number of hydrogen-bond donors (Lipinski definition) is 1. The minimum atomic E-state index is -0.668. The average molecular weight is 244 g/mol. The molecule has 2 unspecified atom stereocenters. The van der Waals surface area contributed by atoms with E-state index >= 15 is 0 Å². The van der Waals surface area contributed by atoms with Crippen LogP contribution >= 0.6 is 15.9 Å². The average Bonchev–Trinajstić information content (AvgIpc) is 2.12. The predicted octanol–water partition coefficient (Wildman–Crippen LogP) is 3.36. The summed E-state index contributed by atoms with van der Waals surface area (Å²) in [6.45, 7) is 0. The minimum Gasteiger partial charge on any atom is -0.379 e. The van der Waals surface area contributed by atoms with Crippen LogP contribution in [-0.4, -0.2) is 12.2 Å². The molecule has 0 amide bonds. The number of nitrogens with one attached hydrogen (secondary N) is 1. The second-order valence-electron chi connectivity index (χ2n) is 3.35. The van der Waals surface area contributed by atoms with Gasteiger partial charge in [-0.1, -0.05) is 22.0 Å². The van der Waals surface area contributed by atoms with Crippen LogP contribution in [0.25, 0.3) is 0 Å². The summed E-state index contributed by atoms with van der Waals surface area (Å²) in [5, 5.41) is 3.16. The number of halogens is 2. The summed E-state index contributed by atoms with van der Waals surface area (Å²) in [5.74, 6) is 0. The van der Waals surface area contributed by atoms with Crippen molar-refractivity contribution in [1.29, 1.82) is 0 Å². The summed E-state index contributed by atoms with van der Waals surface area (Å²) in [6, 6.07) is 7.84. The second-order valence-corrected chi connectivity index (χ2v) is 4.27. The third-order valence-corrected chi connectivity index (χ3v) is 2.86. The highest BCUT2D eigenvalue weighted by Crippen LogP contribution is 2.27. The van der Waals surface area contributed by atoms with Gasteiger partial charge in [0.05, 0.1) is 6.04 Å². The van der Waals surface area contributed by atoms with Gasteiger partial charge in [-0.05, 0) is 31.0 Å². The van der Waals surface area contributed by atoms with E-state index < -0.39 is 6.17 Å². The molecule has 2 rings (SSSR count). The third-order valence-electron chi connectivity index (χ3n) is 2.37. The van der Waals surface area contributed by atoms with Crippen LogP contribution in [0.4, 0.5) is 10.1 Å². The zero-order valence-electron chi connectivity index (χ0n) is 7.13. The topological polar surface area (TPSA) is 12.0 Å². The number of rotatable bonds is 2. The van der Waals surface area contributed by atoms with Crippen molar-refractivity contribution in [3.63, 3.8) is 0 Å². The van der Waals surface area contributed by atoms with Gasteiger partial charge in [-0.15, -0.1) is 0 Å². The van der Waals surface area contributed by atoms with E-state index in [-0.39, 0.29) is 6.04 Å². The Bertz CT molecular complexity index is 303. The zero-order chi connectivity index (χ0) is 9.26. The van der Waals surface area contributed by atoms with Crippen LogP contribution in [0.2, 0.25) is 0 Å². The molecule has 1 nitrogen and oxygen atoms in total. The normalized spacial score (nSPS) is 26.6. The zero-order valence-corrected chi connectivity index (χ0v) is 8.72. The molecule has 0 aromatic heterocycles. The molecule has 0 bridgehead atoms. The van der Waals surface area contributed by atoms with Crippen molar-refractivity contribution in [3.05, 3.63) is 28.7 Å². The van der Waals surface area contributed by atoms with Gasteiger partial charge in [-0.2, -0.15) is 0 Å². The first kappa shape index (κ1) is 9.00. The fourth-order valence-electron chi connectivity index (χ4n) is 1.41. The van der Waals surface area contributed by atoms with E-state index in [2.05, 4.69) is 21.2 Å². The van der Waals surface area contributed by atoms with Crippen molar-refractivity contribution in [1.82, 2.24) is 0 Å². The Morgan fingerprint density at radius 2 is 2.23 bits per heavy atom. The molecule has 1 saturated carbocycles. The summed E-state index contributed by atoms with van der Waals surface area (Å²) < 4.78 is 13.9. The van der Waals surface area contributed by atoms with Gasteiger partial charge in [-0.3, -0.25) is 0 Å². The summed E-state index contributed by atoms with van der Waals surface area (Å²) in [4.78, 5) is 0. The molecule has 13 heavy (non-hydrogen) atoms. The van der Waals surface area contributed by atoms with Crippen LogP contribution in [0.3, 0.4) is 0 Å². The minimum absolute atomic E-state index is 0.0225. The molecule has 1 aliphatic rings. The smallest absolute Gasteiger partial charge is 0.120 e. The van der Waals surface area contributed by atoms with E-state index in [9.17, 15) is 4.39 Å². The molecule has 1 fully saturated rings. The highest BCUT2D eigenvalue weighted by molar-refractivity contribution is 9.10. The van der Waals surface area contributed by atoms with Crippen LogP contribution in [0, 0.1) is 0 Å². The highest BCUT2D eigenvalue weighted by Gasteiger charge is 2.30. The standard InChI is InChI=1S/C10H11BrFN/c11-7-2-1-3-8(6-7)13-10-5-4-9(10)12/h1-3,6,9-10,13H,4-5H2. The lowest BCUT2D eigenvalue weighted by atomic mass is 9.90. The SMILES string of the molecule is FC1CCC1Nc1cccc(Br)c1. The Kier molecular flexibility index (Phi) is 2.54. The van der Waals surface area contributed by atoms with Crippen LogP contribution in [0.1, 0.15) is 12.8 Å². The van der Waals surface area contributed by atoms with Gasteiger partial charge in [0.2, 0.25) is 0 Å². The van der Waals surface area contributed by atoms with Crippen LogP contribution < -0.4 is 5.32 Å². The molecule has 0 aliphatic heterocycles. The molecular weight excluding hydrogens is 233 g/mol. The molecule has 0 spiro atoms. The molecule has 1 aromatic rings. The third kappa shape index (κ3) is 2.02. The molecule has 0 saturated heterocycles. The van der Waals surface area contributed by atoms with E-state index in [0.29, 0.717) is 6.42 Å². The fourth-order valence-corrected chi connectivity index (χ4v) is 1.81. The fraction of sp³-hybridized carbons (Fsp3) is 0.400. The van der Waals surface area contributed by atoms with Crippen molar-refractivity contribution in [2.45, 2.75) is 25.1 Å². The Morgan fingerprint density at radius 3 is 2.77 bits per heavy atom. The summed E-state index contributed by atoms with van der Waals surface area (Å²) >= 11 is 3.37. The number of benzene rings is 1. The first-order chi connectivity index (χ1) is 6.25. The monoisotopic (exact) mass is 243 g/mol. The van der Waals surface area contributed by atoms with Gasteiger partial charge >= 0.3 is 0 Å². The van der Waals surface area contributed by atoms with Crippen molar-refractivity contribution in [2.75, 3.05) is 5.32 Å². The van der Waals surface area contributed by atoms with Gasteiger partial charge in [-0.25, -0.2) is 4.39 Å². The summed E-state index contributed by atoms with van der Waals surface area (Å²) in [6.07, 6.45) is 0.971. The van der Waals surface area contributed by atoms with Gasteiger partial charge in [0.25, 0.3) is 0 Å². The molecule has 3 heteroatoms. The molecule has 0 radical (unpaired) electrons. The molecule has 70 valence electrons. The second kappa shape index (κ2) is 3.66. The van der Waals surface area contributed by atoms with Crippen molar-refractivity contribution in [2.24, 2.45) is 0 Å². The Balaban J connectivity index is 2.01. The van der Waals surface area contributed by atoms with Crippen molar-refractivity contribution in [3.8, 4) is 0 Å². The molecule has 1 aliphatic carbocycles. The van der Waals surface area contributed by atoms with Gasteiger partial charge in [0.15, 0.2) is 0 Å². The molecule has 0 heterocycles. The molecule has 1 aromatic carbocycles. The molecular formula is C10H11BrFN. The van der Waals surface area contributed by atoms with E-state index in [0.717, 1.165) is 16.6 Å². The van der Waals surface area contributed by atoms with Crippen LogP contribution in [-0.2, 0) is 0 Å². The summed E-state index contributed by atoms with van der Waals surface area (Å²) in [7, 11) is 0. The Morgan fingerprint density at radius 1 is 1.38 bits per heavy atom. The highest BCUT2D eigenvalue weighted by atomic mass is 79.9. The number of hydrogen-bond acceptors (Lipinski definition) is 1. The lowest BCUT2D eigenvalue weighted by Gasteiger charge is -2.31. The maximum Gasteiger partial charge on any atom is 0.120 e.